The molecule has 1 aliphatic rings. The number of hydrogen-bond acceptors (Lipinski definition) is 3. The molecule has 0 spiro atoms. The van der Waals surface area contributed by atoms with Crippen molar-refractivity contribution in [2.45, 2.75) is 37.5 Å². The maximum Gasteiger partial charge on any atom is 0.335 e. The zero-order valence-corrected chi connectivity index (χ0v) is 12.8. The van der Waals surface area contributed by atoms with Gasteiger partial charge in [0, 0.05) is 17.0 Å². The summed E-state index contributed by atoms with van der Waals surface area (Å²) in [5.41, 5.74) is 0.651. The number of thioether (sulfide) groups is 1. The third kappa shape index (κ3) is 4.67. The fraction of sp³-hybridized carbons (Fsp3) is 0.467. The Labute approximate surface area is 128 Å². The number of amides is 2. The lowest BCUT2D eigenvalue weighted by Gasteiger charge is -2.14. The number of aromatic carboxylic acids is 1. The van der Waals surface area contributed by atoms with Crippen LogP contribution in [0.15, 0.2) is 24.3 Å². The number of anilines is 1. The van der Waals surface area contributed by atoms with Gasteiger partial charge in [-0.1, -0.05) is 13.0 Å². The van der Waals surface area contributed by atoms with E-state index in [-0.39, 0.29) is 17.6 Å². The lowest BCUT2D eigenvalue weighted by atomic mass is 10.2. The van der Waals surface area contributed by atoms with E-state index in [1.165, 1.54) is 12.1 Å². The van der Waals surface area contributed by atoms with Crippen molar-refractivity contribution in [3.8, 4) is 0 Å². The Bertz CT molecular complexity index is 521. The Morgan fingerprint density at radius 1 is 1.38 bits per heavy atom. The zero-order valence-electron chi connectivity index (χ0n) is 12.0. The van der Waals surface area contributed by atoms with Gasteiger partial charge in [0.1, 0.15) is 0 Å². The average molecular weight is 308 g/mol. The van der Waals surface area contributed by atoms with E-state index in [4.69, 9.17) is 5.11 Å². The van der Waals surface area contributed by atoms with Crippen molar-refractivity contribution in [3.63, 3.8) is 0 Å². The molecular weight excluding hydrogens is 288 g/mol. The van der Waals surface area contributed by atoms with E-state index in [2.05, 4.69) is 17.6 Å². The van der Waals surface area contributed by atoms with Crippen LogP contribution in [0.4, 0.5) is 10.5 Å². The van der Waals surface area contributed by atoms with Crippen LogP contribution in [0, 0.1) is 0 Å². The van der Waals surface area contributed by atoms with Gasteiger partial charge >= 0.3 is 12.0 Å². The maximum atomic E-state index is 11.9. The summed E-state index contributed by atoms with van der Waals surface area (Å²) in [6, 6.07) is 6.17. The van der Waals surface area contributed by atoms with Gasteiger partial charge in [-0.15, -0.1) is 0 Å². The molecule has 0 aromatic heterocycles. The second-order valence-corrected chi connectivity index (χ2v) is 6.65. The normalized spacial score (nSPS) is 21.0. The Kier molecular flexibility index (Phi) is 5.50. The molecule has 5 nitrogen and oxygen atoms in total. The molecule has 21 heavy (non-hydrogen) atoms. The highest BCUT2D eigenvalue weighted by molar-refractivity contribution is 7.99. The second kappa shape index (κ2) is 7.36. The molecule has 0 saturated heterocycles. The van der Waals surface area contributed by atoms with E-state index >= 15 is 0 Å². The average Bonchev–Trinajstić information content (AvgIpc) is 2.86. The van der Waals surface area contributed by atoms with E-state index in [9.17, 15) is 9.59 Å². The first kappa shape index (κ1) is 15.7. The van der Waals surface area contributed by atoms with Gasteiger partial charge in [0.25, 0.3) is 0 Å². The molecule has 2 unspecified atom stereocenters. The summed E-state index contributed by atoms with van der Waals surface area (Å²) in [6.45, 7) is 2.15. The molecule has 1 aromatic rings. The number of carboxylic acid groups (broad SMARTS) is 1. The molecule has 2 amide bonds. The second-order valence-electron chi connectivity index (χ2n) is 5.07. The molecule has 2 rings (SSSR count). The van der Waals surface area contributed by atoms with Gasteiger partial charge in [0.2, 0.25) is 0 Å². The standard InChI is InChI=1S/C15H20N2O3S/c1-2-21-13-7-6-12(9-13)17-15(20)16-11-5-3-4-10(8-11)14(18)19/h3-5,8,12-13H,2,6-7,9H2,1H3,(H,18,19)(H2,16,17,20). The van der Waals surface area contributed by atoms with Crippen LogP contribution in [0.3, 0.4) is 0 Å². The molecule has 3 N–H and O–H groups in total. The minimum absolute atomic E-state index is 0.160. The molecule has 1 aromatic carbocycles. The van der Waals surface area contributed by atoms with Gasteiger partial charge in [0.15, 0.2) is 0 Å². The SMILES string of the molecule is CCSC1CCC(NC(=O)Nc2cccc(C(=O)O)c2)C1. The number of rotatable bonds is 5. The van der Waals surface area contributed by atoms with Crippen molar-refractivity contribution >= 4 is 29.4 Å². The molecule has 114 valence electrons. The molecule has 0 bridgehead atoms. The smallest absolute Gasteiger partial charge is 0.335 e. The van der Waals surface area contributed by atoms with Crippen LogP contribution in [-0.4, -0.2) is 34.2 Å². The summed E-state index contributed by atoms with van der Waals surface area (Å²) in [7, 11) is 0. The van der Waals surface area contributed by atoms with Crippen LogP contribution in [0.2, 0.25) is 0 Å². The van der Waals surface area contributed by atoms with Crippen molar-refractivity contribution in [1.29, 1.82) is 0 Å². The first-order valence-corrected chi connectivity index (χ1v) is 8.16. The number of nitrogens with one attached hydrogen (secondary N) is 2. The third-order valence-electron chi connectivity index (χ3n) is 3.49. The maximum absolute atomic E-state index is 11.9. The van der Waals surface area contributed by atoms with Gasteiger partial charge in [-0.25, -0.2) is 9.59 Å². The molecule has 1 aliphatic carbocycles. The lowest BCUT2D eigenvalue weighted by molar-refractivity contribution is 0.0697. The highest BCUT2D eigenvalue weighted by atomic mass is 32.2. The predicted octanol–water partition coefficient (Wildman–Crippen LogP) is 3.18. The number of carbonyl (C=O) groups is 2. The summed E-state index contributed by atoms with van der Waals surface area (Å²) in [4.78, 5) is 22.8. The van der Waals surface area contributed by atoms with Crippen LogP contribution < -0.4 is 10.6 Å². The monoisotopic (exact) mass is 308 g/mol. The minimum atomic E-state index is -1.01. The summed E-state index contributed by atoms with van der Waals surface area (Å²) in [5, 5.41) is 15.2. The first-order valence-electron chi connectivity index (χ1n) is 7.11. The minimum Gasteiger partial charge on any atom is -0.478 e. The molecular formula is C15H20N2O3S. The third-order valence-corrected chi connectivity index (χ3v) is 4.72. The number of carbonyl (C=O) groups excluding carboxylic acids is 1. The summed E-state index contributed by atoms with van der Waals surface area (Å²) in [5.74, 6) is 0.0974. The van der Waals surface area contributed by atoms with Crippen LogP contribution in [0.5, 0.6) is 0 Å². The summed E-state index contributed by atoms with van der Waals surface area (Å²) in [6.07, 6.45) is 3.14. The van der Waals surface area contributed by atoms with Crippen LogP contribution in [-0.2, 0) is 0 Å². The number of hydrogen-bond donors (Lipinski definition) is 3. The van der Waals surface area contributed by atoms with Crippen molar-refractivity contribution in [3.05, 3.63) is 29.8 Å². The van der Waals surface area contributed by atoms with E-state index in [0.29, 0.717) is 10.9 Å². The molecule has 0 aliphatic heterocycles. The Balaban J connectivity index is 1.85. The van der Waals surface area contributed by atoms with Gasteiger partial charge < -0.3 is 15.7 Å². The van der Waals surface area contributed by atoms with Crippen LogP contribution in [0.25, 0.3) is 0 Å². The first-order chi connectivity index (χ1) is 10.1. The Morgan fingerprint density at radius 2 is 2.19 bits per heavy atom. The number of urea groups is 1. The van der Waals surface area contributed by atoms with Gasteiger partial charge in [0.05, 0.1) is 5.56 Å². The van der Waals surface area contributed by atoms with Crippen LogP contribution in [0.1, 0.15) is 36.5 Å². The summed E-state index contributed by atoms with van der Waals surface area (Å²) < 4.78 is 0. The van der Waals surface area contributed by atoms with Crippen LogP contribution >= 0.6 is 11.8 Å². The fourth-order valence-corrected chi connectivity index (χ4v) is 3.68. The highest BCUT2D eigenvalue weighted by Gasteiger charge is 2.25. The van der Waals surface area contributed by atoms with E-state index in [1.807, 2.05) is 11.8 Å². The molecule has 2 atom stereocenters. The number of benzene rings is 1. The number of carboxylic acids is 1. The highest BCUT2D eigenvalue weighted by Crippen LogP contribution is 2.29. The molecule has 0 heterocycles. The van der Waals surface area contributed by atoms with E-state index in [1.54, 1.807) is 12.1 Å². The molecule has 0 radical (unpaired) electrons. The van der Waals surface area contributed by atoms with Crippen molar-refractivity contribution in [1.82, 2.24) is 5.32 Å². The lowest BCUT2D eigenvalue weighted by Crippen LogP contribution is -2.36. The summed E-state index contributed by atoms with van der Waals surface area (Å²) >= 11 is 1.94. The largest absolute Gasteiger partial charge is 0.478 e. The van der Waals surface area contributed by atoms with Crippen molar-refractivity contribution in [2.75, 3.05) is 11.1 Å². The Morgan fingerprint density at radius 3 is 2.90 bits per heavy atom. The topological polar surface area (TPSA) is 78.4 Å². The van der Waals surface area contributed by atoms with Gasteiger partial charge in [-0.2, -0.15) is 11.8 Å². The predicted molar refractivity (Wildman–Crippen MR) is 85.1 cm³/mol. The molecule has 1 saturated carbocycles. The quantitative estimate of drug-likeness (QED) is 0.780. The molecule has 6 heteroatoms. The Hall–Kier alpha value is -1.69. The van der Waals surface area contributed by atoms with E-state index < -0.39 is 5.97 Å². The van der Waals surface area contributed by atoms with Crippen molar-refractivity contribution in [2.24, 2.45) is 0 Å². The van der Waals surface area contributed by atoms with Gasteiger partial charge in [-0.05, 0) is 43.2 Å². The van der Waals surface area contributed by atoms with Crippen molar-refractivity contribution < 1.29 is 14.7 Å². The van der Waals surface area contributed by atoms with Gasteiger partial charge in [-0.3, -0.25) is 0 Å². The fourth-order valence-electron chi connectivity index (χ4n) is 2.54. The van der Waals surface area contributed by atoms with E-state index in [0.717, 1.165) is 25.0 Å². The zero-order chi connectivity index (χ0) is 15.2. The molecule has 1 fully saturated rings.